The number of hydrogen-bond donors (Lipinski definition) is 1. The van der Waals surface area contributed by atoms with Crippen molar-refractivity contribution >= 4 is 11.9 Å². The zero-order valence-corrected chi connectivity index (χ0v) is 28.9. The van der Waals surface area contributed by atoms with Crippen molar-refractivity contribution in [3.05, 3.63) is 94.6 Å². The predicted octanol–water partition coefficient (Wildman–Crippen LogP) is 10.3. The highest BCUT2D eigenvalue weighted by Gasteiger charge is 2.34. The maximum absolute atomic E-state index is 14.3. The van der Waals surface area contributed by atoms with E-state index in [9.17, 15) is 49.8 Å². The van der Waals surface area contributed by atoms with Crippen LogP contribution in [0.15, 0.2) is 60.7 Å². The van der Waals surface area contributed by atoms with E-state index in [0.717, 1.165) is 75.3 Å². The molecule has 18 heteroatoms. The van der Waals surface area contributed by atoms with Crippen LogP contribution in [0.2, 0.25) is 0 Å². The number of halogens is 8. The van der Waals surface area contributed by atoms with E-state index in [-0.39, 0.29) is 51.9 Å². The molecule has 1 N–H and O–H groups in total. The number of benzene rings is 4. The van der Waals surface area contributed by atoms with E-state index in [2.05, 4.69) is 14.2 Å². The van der Waals surface area contributed by atoms with Crippen molar-refractivity contribution in [1.29, 1.82) is 0 Å². The lowest BCUT2D eigenvalue weighted by Gasteiger charge is -2.16. The molecule has 2 aliphatic rings. The van der Waals surface area contributed by atoms with Gasteiger partial charge in [-0.15, -0.1) is 26.3 Å². The van der Waals surface area contributed by atoms with Gasteiger partial charge in [0.25, 0.3) is 0 Å². The van der Waals surface area contributed by atoms with Crippen molar-refractivity contribution in [2.45, 2.75) is 50.2 Å². The number of methoxy groups -OCH3 is 3. The second-order valence-electron chi connectivity index (χ2n) is 12.0. The molecule has 0 saturated heterocycles. The molecule has 294 valence electrons. The lowest BCUT2D eigenvalue weighted by molar-refractivity contribution is -0.275. The Morgan fingerprint density at radius 3 is 1.33 bits per heavy atom. The number of carbonyl (C=O) groups excluding carboxylic acids is 1. The topological polar surface area (TPSA) is 119 Å². The highest BCUT2D eigenvalue weighted by atomic mass is 19.4. The molecule has 2 aliphatic carbocycles. The summed E-state index contributed by atoms with van der Waals surface area (Å²) < 4.78 is 136. The lowest BCUT2D eigenvalue weighted by Crippen LogP contribution is -2.17. The zero-order chi connectivity index (χ0) is 40.2. The van der Waals surface area contributed by atoms with Crippen LogP contribution in [-0.4, -0.2) is 51.1 Å². The molecule has 2 saturated carbocycles. The van der Waals surface area contributed by atoms with Gasteiger partial charge in [0.2, 0.25) is 0 Å². The number of esters is 1. The molecule has 0 spiro atoms. The first-order valence-electron chi connectivity index (χ1n) is 16.1. The van der Waals surface area contributed by atoms with Crippen LogP contribution >= 0.6 is 0 Å². The summed E-state index contributed by atoms with van der Waals surface area (Å²) in [5.41, 5.74) is 0.182. The minimum absolute atomic E-state index is 0.000322. The van der Waals surface area contributed by atoms with Gasteiger partial charge < -0.3 is 38.3 Å². The van der Waals surface area contributed by atoms with Gasteiger partial charge in [0, 0.05) is 12.1 Å². The van der Waals surface area contributed by atoms with Gasteiger partial charge >= 0.3 is 24.7 Å². The van der Waals surface area contributed by atoms with Crippen LogP contribution in [-0.2, 0) is 4.74 Å². The third-order valence-electron chi connectivity index (χ3n) is 8.05. The van der Waals surface area contributed by atoms with E-state index < -0.39 is 53.4 Å². The van der Waals surface area contributed by atoms with Gasteiger partial charge in [-0.3, -0.25) is 0 Å². The largest absolute Gasteiger partial charge is 0.573 e. The van der Waals surface area contributed by atoms with Gasteiger partial charge in [0.05, 0.1) is 21.3 Å². The maximum Gasteiger partial charge on any atom is 0.573 e. The fraction of sp³-hybridized carbons (Fsp3) is 0.297. The maximum atomic E-state index is 14.3. The van der Waals surface area contributed by atoms with Crippen molar-refractivity contribution in [3.8, 4) is 46.0 Å². The third-order valence-corrected chi connectivity index (χ3v) is 8.05. The number of carboxylic acids is 1. The molecule has 2 fully saturated rings. The second-order valence-corrected chi connectivity index (χ2v) is 12.0. The first-order valence-corrected chi connectivity index (χ1v) is 16.1. The van der Waals surface area contributed by atoms with E-state index >= 15 is 0 Å². The van der Waals surface area contributed by atoms with E-state index in [1.165, 1.54) is 32.4 Å². The molecule has 0 bridgehead atoms. The van der Waals surface area contributed by atoms with Gasteiger partial charge in [-0.05, 0) is 97.2 Å². The standard InChI is InChI=1S/C19H16F4O5.C18H14F4O5/c1-25-17-7-11(28-19(21,22)23)5-6-15(17)27-16-9-12(10-3-4-10)14(20)8-13(16)18(24)26-2;1-25-16-6-10(27-18(20,21)22)4-5-14(16)26-15-8-11(9-2-3-9)13(19)7-12(15)17(23)24/h5-10H,3-4H2,1-2H3;4-9H,2-3H2,1H3,(H,23,24). The molecule has 0 heterocycles. The van der Waals surface area contributed by atoms with Gasteiger partial charge in [0.15, 0.2) is 23.0 Å². The number of alkyl halides is 6. The van der Waals surface area contributed by atoms with Crippen molar-refractivity contribution in [2.75, 3.05) is 21.3 Å². The Kier molecular flexibility index (Phi) is 11.9. The first kappa shape index (κ1) is 40.2. The number of rotatable bonds is 12. The van der Waals surface area contributed by atoms with Crippen LogP contribution in [0.4, 0.5) is 35.1 Å². The average molecular weight is 787 g/mol. The number of carbonyl (C=O) groups is 2. The summed E-state index contributed by atoms with van der Waals surface area (Å²) >= 11 is 0. The van der Waals surface area contributed by atoms with Crippen molar-refractivity contribution in [1.82, 2.24) is 0 Å². The summed E-state index contributed by atoms with van der Waals surface area (Å²) in [6, 6.07) is 10.9. The SMILES string of the molecule is COC(=O)c1cc(F)c(C2CC2)cc1Oc1ccc(OC(F)(F)F)cc1OC.COc1cc(OC(F)(F)F)ccc1Oc1cc(C2CC2)c(F)cc1C(=O)O. The summed E-state index contributed by atoms with van der Waals surface area (Å²) in [5, 5.41) is 9.29. The summed E-state index contributed by atoms with van der Waals surface area (Å²) in [7, 11) is 3.59. The summed E-state index contributed by atoms with van der Waals surface area (Å²) in [6.07, 6.45) is -6.52. The van der Waals surface area contributed by atoms with E-state index in [0.29, 0.717) is 11.1 Å². The molecule has 0 amide bonds. The molecule has 0 atom stereocenters. The second kappa shape index (κ2) is 16.2. The predicted molar refractivity (Wildman–Crippen MR) is 175 cm³/mol. The summed E-state index contributed by atoms with van der Waals surface area (Å²) in [4.78, 5) is 23.4. The number of hydrogen-bond acceptors (Lipinski definition) is 9. The van der Waals surface area contributed by atoms with E-state index in [1.807, 2.05) is 0 Å². The van der Waals surface area contributed by atoms with Gasteiger partial charge in [-0.1, -0.05) is 0 Å². The van der Waals surface area contributed by atoms with Crippen molar-refractivity contribution in [3.63, 3.8) is 0 Å². The monoisotopic (exact) mass is 786 g/mol. The van der Waals surface area contributed by atoms with E-state index in [4.69, 9.17) is 18.9 Å². The van der Waals surface area contributed by atoms with Crippen molar-refractivity contribution < 1.29 is 83.0 Å². The van der Waals surface area contributed by atoms with Crippen LogP contribution in [0.1, 0.15) is 69.4 Å². The molecular weight excluding hydrogens is 756 g/mol. The van der Waals surface area contributed by atoms with Crippen molar-refractivity contribution in [2.24, 2.45) is 0 Å². The number of aromatic carboxylic acids is 1. The van der Waals surface area contributed by atoms with Crippen LogP contribution in [0.3, 0.4) is 0 Å². The smallest absolute Gasteiger partial charge is 0.493 e. The fourth-order valence-corrected chi connectivity index (χ4v) is 5.25. The Morgan fingerprint density at radius 2 is 0.982 bits per heavy atom. The highest BCUT2D eigenvalue weighted by Crippen LogP contribution is 2.46. The van der Waals surface area contributed by atoms with Gasteiger partial charge in [-0.25, -0.2) is 18.4 Å². The molecule has 0 aromatic heterocycles. The van der Waals surface area contributed by atoms with Crippen LogP contribution in [0.25, 0.3) is 0 Å². The molecule has 0 unspecified atom stereocenters. The molecule has 55 heavy (non-hydrogen) atoms. The van der Waals surface area contributed by atoms with E-state index in [1.54, 1.807) is 0 Å². The van der Waals surface area contributed by atoms with Gasteiger partial charge in [-0.2, -0.15) is 0 Å². The zero-order valence-electron chi connectivity index (χ0n) is 28.9. The summed E-state index contributed by atoms with van der Waals surface area (Å²) in [5.74, 6) is -4.68. The number of carboxylic acid groups (broad SMARTS) is 1. The Balaban J connectivity index is 0.000000211. The van der Waals surface area contributed by atoms with Crippen LogP contribution in [0, 0.1) is 11.6 Å². The summed E-state index contributed by atoms with van der Waals surface area (Å²) in [6.45, 7) is 0. The normalized spacial score (nSPS) is 13.9. The quantitative estimate of drug-likeness (QED) is 0.110. The third kappa shape index (κ3) is 10.6. The molecule has 10 nitrogen and oxygen atoms in total. The minimum Gasteiger partial charge on any atom is -0.493 e. The number of ether oxygens (including phenoxy) is 7. The Bertz CT molecular complexity index is 2060. The lowest BCUT2D eigenvalue weighted by atomic mass is 10.1. The minimum atomic E-state index is -4.88. The Labute approximate surface area is 307 Å². The van der Waals surface area contributed by atoms with Crippen LogP contribution in [0.5, 0.6) is 46.0 Å². The molecule has 6 rings (SSSR count). The van der Waals surface area contributed by atoms with Crippen LogP contribution < -0.4 is 28.4 Å². The molecular formula is C37H30F8O10. The fourth-order valence-electron chi connectivity index (χ4n) is 5.25. The van der Waals surface area contributed by atoms with Gasteiger partial charge in [0.1, 0.15) is 45.8 Å². The molecule has 0 aliphatic heterocycles. The Hall–Kier alpha value is -5.94. The average Bonchev–Trinajstić information content (AvgIpc) is 4.04. The molecule has 4 aromatic carbocycles. The Morgan fingerprint density at radius 1 is 0.582 bits per heavy atom. The molecule has 4 aromatic rings. The highest BCUT2D eigenvalue weighted by molar-refractivity contribution is 5.93. The molecule has 0 radical (unpaired) electrons. The first-order chi connectivity index (χ1) is 25.9.